The highest BCUT2D eigenvalue weighted by Crippen LogP contribution is 2.47. The average molecular weight is 290 g/mol. The molecule has 4 heteroatoms. The number of para-hydroxylation sites is 1. The van der Waals surface area contributed by atoms with Crippen molar-refractivity contribution in [2.45, 2.75) is 45.6 Å². The number of benzene rings is 1. The first-order valence-electron chi connectivity index (χ1n) is 7.61. The maximum atomic E-state index is 12.5. The molecule has 2 rings (SSSR count). The molecule has 0 unspecified atom stereocenters. The Labute approximate surface area is 127 Å². The van der Waals surface area contributed by atoms with Gasteiger partial charge in [-0.05, 0) is 64.1 Å². The number of anilines is 1. The number of nitrogens with zero attached hydrogens (tertiary/aromatic N) is 1. The van der Waals surface area contributed by atoms with Crippen LogP contribution in [0.4, 0.5) is 10.5 Å². The van der Waals surface area contributed by atoms with Gasteiger partial charge in [0.15, 0.2) is 0 Å². The van der Waals surface area contributed by atoms with Crippen molar-refractivity contribution in [1.29, 1.82) is 0 Å². The number of carbonyl (C=O) groups is 1. The molecule has 1 aromatic rings. The minimum Gasteiger partial charge on any atom is -0.443 e. The van der Waals surface area contributed by atoms with Gasteiger partial charge in [-0.2, -0.15) is 0 Å². The summed E-state index contributed by atoms with van der Waals surface area (Å²) in [5, 5.41) is 0. The van der Waals surface area contributed by atoms with Crippen molar-refractivity contribution >= 4 is 11.8 Å². The molecule has 0 spiro atoms. The summed E-state index contributed by atoms with van der Waals surface area (Å²) in [6.45, 7) is 7.00. The average Bonchev–Trinajstić information content (AvgIpc) is 3.19. The number of carbonyl (C=O) groups excluding carboxylic acids is 1. The Bertz CT molecular complexity index is 475. The summed E-state index contributed by atoms with van der Waals surface area (Å²) >= 11 is 0. The summed E-state index contributed by atoms with van der Waals surface area (Å²) in [7, 11) is 0. The Kier molecular flexibility index (Phi) is 4.57. The minimum atomic E-state index is -0.491. The number of hydrogen-bond acceptors (Lipinski definition) is 3. The third-order valence-corrected chi connectivity index (χ3v) is 3.94. The molecule has 0 aromatic heterocycles. The van der Waals surface area contributed by atoms with Gasteiger partial charge in [0, 0.05) is 12.2 Å². The summed E-state index contributed by atoms with van der Waals surface area (Å²) in [5.41, 5.74) is 6.47. The predicted octanol–water partition coefficient (Wildman–Crippen LogP) is 3.56. The molecule has 21 heavy (non-hydrogen) atoms. The maximum Gasteiger partial charge on any atom is 0.414 e. The molecule has 0 bridgehead atoms. The maximum absolute atomic E-state index is 12.5. The van der Waals surface area contributed by atoms with Crippen molar-refractivity contribution in [3.63, 3.8) is 0 Å². The van der Waals surface area contributed by atoms with Crippen LogP contribution in [0.3, 0.4) is 0 Å². The highest BCUT2D eigenvalue weighted by Gasteiger charge is 2.41. The van der Waals surface area contributed by atoms with Crippen molar-refractivity contribution in [3.8, 4) is 0 Å². The lowest BCUT2D eigenvalue weighted by molar-refractivity contribution is 0.0578. The van der Waals surface area contributed by atoms with Gasteiger partial charge in [0.2, 0.25) is 0 Å². The highest BCUT2D eigenvalue weighted by molar-refractivity contribution is 5.87. The van der Waals surface area contributed by atoms with E-state index in [4.69, 9.17) is 10.5 Å². The number of nitrogens with two attached hydrogens (primary N) is 1. The fourth-order valence-electron chi connectivity index (χ4n) is 2.33. The van der Waals surface area contributed by atoms with Crippen molar-refractivity contribution < 1.29 is 9.53 Å². The standard InChI is InChI=1S/C17H26N2O2/c1-16(2,3)21-15(20)19(14-7-5-4-6-8-14)12-11-17(13-18)9-10-17/h4-8H,9-13,18H2,1-3H3. The Balaban J connectivity index is 2.09. The first-order chi connectivity index (χ1) is 9.85. The molecule has 1 aliphatic rings. The van der Waals surface area contributed by atoms with E-state index < -0.39 is 5.60 Å². The fraction of sp³-hybridized carbons (Fsp3) is 0.588. The second-order valence-electron chi connectivity index (χ2n) is 6.92. The normalized spacial score (nSPS) is 16.4. The molecule has 1 saturated carbocycles. The van der Waals surface area contributed by atoms with E-state index in [-0.39, 0.29) is 11.5 Å². The Hall–Kier alpha value is -1.55. The smallest absolute Gasteiger partial charge is 0.414 e. The van der Waals surface area contributed by atoms with Gasteiger partial charge in [-0.3, -0.25) is 4.90 Å². The molecule has 0 heterocycles. The van der Waals surface area contributed by atoms with Crippen LogP contribution in [-0.2, 0) is 4.74 Å². The minimum absolute atomic E-state index is 0.245. The van der Waals surface area contributed by atoms with Gasteiger partial charge in [-0.25, -0.2) is 4.79 Å². The molecule has 0 aliphatic heterocycles. The van der Waals surface area contributed by atoms with Gasteiger partial charge in [0.05, 0.1) is 0 Å². The van der Waals surface area contributed by atoms with Crippen LogP contribution in [0.25, 0.3) is 0 Å². The van der Waals surface area contributed by atoms with E-state index in [0.29, 0.717) is 13.1 Å². The van der Waals surface area contributed by atoms with Gasteiger partial charge in [0.1, 0.15) is 5.60 Å². The van der Waals surface area contributed by atoms with Crippen LogP contribution >= 0.6 is 0 Å². The van der Waals surface area contributed by atoms with Gasteiger partial charge in [0.25, 0.3) is 0 Å². The molecule has 0 atom stereocenters. The summed E-state index contributed by atoms with van der Waals surface area (Å²) < 4.78 is 5.53. The molecular weight excluding hydrogens is 264 g/mol. The summed E-state index contributed by atoms with van der Waals surface area (Å²) in [6.07, 6.45) is 2.97. The van der Waals surface area contributed by atoms with Crippen LogP contribution in [0.5, 0.6) is 0 Å². The zero-order chi connectivity index (χ0) is 15.5. The molecule has 1 amide bonds. The van der Waals surface area contributed by atoms with Crippen LogP contribution in [0.15, 0.2) is 30.3 Å². The van der Waals surface area contributed by atoms with Crippen molar-refractivity contribution in [1.82, 2.24) is 0 Å². The molecule has 0 saturated heterocycles. The lowest BCUT2D eigenvalue weighted by Crippen LogP contribution is -2.38. The van der Waals surface area contributed by atoms with Gasteiger partial charge in [-0.1, -0.05) is 18.2 Å². The van der Waals surface area contributed by atoms with E-state index in [1.807, 2.05) is 51.1 Å². The number of amides is 1. The van der Waals surface area contributed by atoms with Crippen molar-refractivity contribution in [2.24, 2.45) is 11.1 Å². The molecule has 0 radical (unpaired) electrons. The van der Waals surface area contributed by atoms with E-state index in [2.05, 4.69) is 0 Å². The Morgan fingerprint density at radius 2 is 1.90 bits per heavy atom. The number of rotatable bonds is 5. The third kappa shape index (κ3) is 4.46. The molecule has 1 fully saturated rings. The van der Waals surface area contributed by atoms with Crippen LogP contribution < -0.4 is 10.6 Å². The van der Waals surface area contributed by atoms with E-state index in [1.165, 1.54) is 12.8 Å². The van der Waals surface area contributed by atoms with Crippen molar-refractivity contribution in [2.75, 3.05) is 18.0 Å². The second-order valence-corrected chi connectivity index (χ2v) is 6.92. The van der Waals surface area contributed by atoms with Gasteiger partial charge >= 0.3 is 6.09 Å². The van der Waals surface area contributed by atoms with E-state index in [1.54, 1.807) is 4.90 Å². The largest absolute Gasteiger partial charge is 0.443 e. The highest BCUT2D eigenvalue weighted by atomic mass is 16.6. The first kappa shape index (κ1) is 15.8. The fourth-order valence-corrected chi connectivity index (χ4v) is 2.33. The SMILES string of the molecule is CC(C)(C)OC(=O)N(CCC1(CN)CC1)c1ccccc1. The Morgan fingerprint density at radius 3 is 2.38 bits per heavy atom. The Morgan fingerprint density at radius 1 is 1.29 bits per heavy atom. The molecule has 116 valence electrons. The quantitative estimate of drug-likeness (QED) is 0.902. The number of ether oxygens (including phenoxy) is 1. The topological polar surface area (TPSA) is 55.6 Å². The lowest BCUT2D eigenvalue weighted by atomic mass is 10.0. The summed E-state index contributed by atoms with van der Waals surface area (Å²) in [5.74, 6) is 0. The predicted molar refractivity (Wildman–Crippen MR) is 85.4 cm³/mol. The molecule has 4 nitrogen and oxygen atoms in total. The molecule has 2 N–H and O–H groups in total. The summed E-state index contributed by atoms with van der Waals surface area (Å²) in [6, 6.07) is 9.68. The second kappa shape index (κ2) is 6.06. The van der Waals surface area contributed by atoms with Crippen LogP contribution in [0.2, 0.25) is 0 Å². The molecular formula is C17H26N2O2. The zero-order valence-corrected chi connectivity index (χ0v) is 13.3. The van der Waals surface area contributed by atoms with Gasteiger partial charge < -0.3 is 10.5 Å². The van der Waals surface area contributed by atoms with Crippen LogP contribution in [-0.4, -0.2) is 24.8 Å². The van der Waals surface area contributed by atoms with E-state index >= 15 is 0 Å². The van der Waals surface area contributed by atoms with E-state index in [0.717, 1.165) is 12.1 Å². The molecule has 1 aromatic carbocycles. The van der Waals surface area contributed by atoms with E-state index in [9.17, 15) is 4.79 Å². The van der Waals surface area contributed by atoms with Crippen LogP contribution in [0.1, 0.15) is 40.0 Å². The van der Waals surface area contributed by atoms with Gasteiger partial charge in [-0.15, -0.1) is 0 Å². The molecule has 1 aliphatic carbocycles. The number of hydrogen-bond donors (Lipinski definition) is 1. The first-order valence-corrected chi connectivity index (χ1v) is 7.61. The monoisotopic (exact) mass is 290 g/mol. The lowest BCUT2D eigenvalue weighted by Gasteiger charge is -2.28. The zero-order valence-electron chi connectivity index (χ0n) is 13.3. The van der Waals surface area contributed by atoms with Crippen LogP contribution in [0, 0.1) is 5.41 Å². The third-order valence-electron chi connectivity index (χ3n) is 3.94. The summed E-state index contributed by atoms with van der Waals surface area (Å²) in [4.78, 5) is 14.2. The van der Waals surface area contributed by atoms with Crippen molar-refractivity contribution in [3.05, 3.63) is 30.3 Å².